The molecule has 10 heteroatoms. The Hall–Kier alpha value is -2.65. The van der Waals surface area contributed by atoms with Crippen LogP contribution in [0, 0.1) is 0 Å². The molecule has 31 heavy (non-hydrogen) atoms. The molecule has 0 unspecified atom stereocenters. The fourth-order valence-electron chi connectivity index (χ4n) is 2.71. The number of aromatic nitrogens is 2. The Morgan fingerprint density at radius 3 is 2.68 bits per heavy atom. The van der Waals surface area contributed by atoms with Crippen LogP contribution < -0.4 is 10.1 Å². The number of carbonyl (C=O) groups excluding carboxylic acids is 1. The van der Waals surface area contributed by atoms with Crippen LogP contribution >= 0.6 is 22.9 Å². The lowest BCUT2D eigenvalue weighted by molar-refractivity contribution is -0.154. The highest BCUT2D eigenvalue weighted by molar-refractivity contribution is 7.09. The van der Waals surface area contributed by atoms with Gasteiger partial charge in [-0.1, -0.05) is 30.7 Å². The number of rotatable bonds is 8. The van der Waals surface area contributed by atoms with Gasteiger partial charge >= 0.3 is 6.18 Å². The largest absolute Gasteiger partial charge is 0.468 e. The molecular weight excluding hydrogens is 451 g/mol. The molecule has 0 fully saturated rings. The maximum atomic E-state index is 12.6. The number of hydrogen-bond donors (Lipinski definition) is 1. The van der Waals surface area contributed by atoms with Crippen LogP contribution in [-0.4, -0.2) is 28.7 Å². The Balaban J connectivity index is 1.80. The SMILES string of the molecule is CCCc1nc(CNC(=O)c2cnc(OCC(F)(F)F)c(-c3ccc(Cl)cc3)c2)cs1. The summed E-state index contributed by atoms with van der Waals surface area (Å²) in [5, 5.41) is 6.11. The van der Waals surface area contributed by atoms with Gasteiger partial charge in [0, 0.05) is 22.2 Å². The van der Waals surface area contributed by atoms with Gasteiger partial charge in [-0.05, 0) is 36.6 Å². The lowest BCUT2D eigenvalue weighted by Gasteiger charge is -2.14. The molecule has 0 aliphatic carbocycles. The van der Waals surface area contributed by atoms with Crippen LogP contribution in [0.3, 0.4) is 0 Å². The van der Waals surface area contributed by atoms with E-state index >= 15 is 0 Å². The Morgan fingerprint density at radius 1 is 1.26 bits per heavy atom. The number of pyridine rings is 1. The highest BCUT2D eigenvalue weighted by atomic mass is 35.5. The van der Waals surface area contributed by atoms with Gasteiger partial charge in [-0.3, -0.25) is 4.79 Å². The van der Waals surface area contributed by atoms with Crippen molar-refractivity contribution in [2.45, 2.75) is 32.5 Å². The number of amides is 1. The quantitative estimate of drug-likeness (QED) is 0.461. The van der Waals surface area contributed by atoms with E-state index in [1.54, 1.807) is 24.3 Å². The van der Waals surface area contributed by atoms with Gasteiger partial charge in [-0.2, -0.15) is 13.2 Å². The maximum absolute atomic E-state index is 12.6. The number of thiazole rings is 1. The van der Waals surface area contributed by atoms with E-state index in [4.69, 9.17) is 16.3 Å². The number of benzene rings is 1. The first-order valence-electron chi connectivity index (χ1n) is 9.42. The lowest BCUT2D eigenvalue weighted by Crippen LogP contribution is -2.23. The van der Waals surface area contributed by atoms with Crippen molar-refractivity contribution < 1.29 is 22.7 Å². The third-order valence-electron chi connectivity index (χ3n) is 4.13. The van der Waals surface area contributed by atoms with E-state index < -0.39 is 18.7 Å². The van der Waals surface area contributed by atoms with Crippen LogP contribution in [0.25, 0.3) is 11.1 Å². The molecule has 1 N–H and O–H groups in total. The lowest BCUT2D eigenvalue weighted by atomic mass is 10.0. The van der Waals surface area contributed by atoms with Gasteiger partial charge in [-0.15, -0.1) is 11.3 Å². The minimum Gasteiger partial charge on any atom is -0.468 e. The molecule has 0 radical (unpaired) electrons. The van der Waals surface area contributed by atoms with E-state index in [1.807, 2.05) is 5.38 Å². The number of alkyl halides is 3. The van der Waals surface area contributed by atoms with Crippen molar-refractivity contribution in [1.82, 2.24) is 15.3 Å². The van der Waals surface area contributed by atoms with E-state index in [2.05, 4.69) is 22.2 Å². The maximum Gasteiger partial charge on any atom is 0.422 e. The molecule has 3 rings (SSSR count). The first kappa shape index (κ1) is 23.0. The molecule has 0 saturated carbocycles. The molecule has 0 aliphatic rings. The van der Waals surface area contributed by atoms with Crippen molar-refractivity contribution in [2.24, 2.45) is 0 Å². The van der Waals surface area contributed by atoms with Crippen LogP contribution in [-0.2, 0) is 13.0 Å². The molecule has 0 bridgehead atoms. The molecule has 0 saturated heterocycles. The zero-order chi connectivity index (χ0) is 22.4. The van der Waals surface area contributed by atoms with E-state index in [0.29, 0.717) is 10.6 Å². The summed E-state index contributed by atoms with van der Waals surface area (Å²) in [6, 6.07) is 7.86. The number of carbonyl (C=O) groups is 1. The second kappa shape index (κ2) is 10.1. The van der Waals surface area contributed by atoms with Gasteiger partial charge in [0.2, 0.25) is 5.88 Å². The van der Waals surface area contributed by atoms with Gasteiger partial charge in [0.05, 0.1) is 22.8 Å². The van der Waals surface area contributed by atoms with Crippen molar-refractivity contribution in [3.8, 4) is 17.0 Å². The van der Waals surface area contributed by atoms with Gasteiger partial charge in [0.15, 0.2) is 6.61 Å². The summed E-state index contributed by atoms with van der Waals surface area (Å²) >= 11 is 7.44. The Morgan fingerprint density at radius 2 is 2.00 bits per heavy atom. The van der Waals surface area contributed by atoms with Crippen LogP contribution in [0.4, 0.5) is 13.2 Å². The first-order chi connectivity index (χ1) is 14.7. The number of aryl methyl sites for hydroxylation is 1. The van der Waals surface area contributed by atoms with Gasteiger partial charge in [0.1, 0.15) is 0 Å². The zero-order valence-electron chi connectivity index (χ0n) is 16.5. The van der Waals surface area contributed by atoms with Crippen molar-refractivity contribution >= 4 is 28.8 Å². The minimum atomic E-state index is -4.51. The fourth-order valence-corrected chi connectivity index (χ4v) is 3.74. The second-order valence-electron chi connectivity index (χ2n) is 6.65. The number of nitrogens with zero attached hydrogens (tertiary/aromatic N) is 2. The smallest absolute Gasteiger partial charge is 0.422 e. The van der Waals surface area contributed by atoms with Gasteiger partial charge in [-0.25, -0.2) is 9.97 Å². The van der Waals surface area contributed by atoms with Crippen LogP contribution in [0.5, 0.6) is 5.88 Å². The minimum absolute atomic E-state index is 0.188. The van der Waals surface area contributed by atoms with Crippen molar-refractivity contribution in [3.05, 3.63) is 63.2 Å². The molecule has 0 spiro atoms. The van der Waals surface area contributed by atoms with Crippen LogP contribution in [0.2, 0.25) is 5.02 Å². The Labute approximate surface area is 186 Å². The molecule has 0 atom stereocenters. The summed E-state index contributed by atoms with van der Waals surface area (Å²) < 4.78 is 42.7. The predicted molar refractivity (Wildman–Crippen MR) is 114 cm³/mol. The summed E-state index contributed by atoms with van der Waals surface area (Å²) in [5.74, 6) is -0.643. The summed E-state index contributed by atoms with van der Waals surface area (Å²) in [5.41, 5.74) is 1.71. The molecule has 1 amide bonds. The molecule has 2 heterocycles. The number of ether oxygens (including phenoxy) is 1. The van der Waals surface area contributed by atoms with E-state index in [0.717, 1.165) is 23.5 Å². The van der Waals surface area contributed by atoms with E-state index in [1.165, 1.54) is 23.6 Å². The van der Waals surface area contributed by atoms with Crippen LogP contribution in [0.1, 0.15) is 34.4 Å². The van der Waals surface area contributed by atoms with Crippen molar-refractivity contribution in [2.75, 3.05) is 6.61 Å². The Kier molecular flexibility index (Phi) is 7.50. The number of hydrogen-bond acceptors (Lipinski definition) is 5. The Bertz CT molecular complexity index is 1040. The summed E-state index contributed by atoms with van der Waals surface area (Å²) in [4.78, 5) is 21.0. The number of nitrogens with one attached hydrogen (secondary N) is 1. The molecule has 3 aromatic rings. The van der Waals surface area contributed by atoms with Crippen molar-refractivity contribution in [3.63, 3.8) is 0 Å². The predicted octanol–water partition coefficient (Wildman–Crippen LogP) is 5.68. The molecule has 164 valence electrons. The topological polar surface area (TPSA) is 64.1 Å². The second-order valence-corrected chi connectivity index (χ2v) is 8.03. The summed E-state index contributed by atoms with van der Waals surface area (Å²) in [7, 11) is 0. The number of halogens is 4. The van der Waals surface area contributed by atoms with E-state index in [-0.39, 0.29) is 23.6 Å². The van der Waals surface area contributed by atoms with Gasteiger partial charge in [0.25, 0.3) is 5.91 Å². The third-order valence-corrected chi connectivity index (χ3v) is 5.34. The van der Waals surface area contributed by atoms with Gasteiger partial charge < -0.3 is 10.1 Å². The normalized spacial score (nSPS) is 11.4. The summed E-state index contributed by atoms with van der Waals surface area (Å²) in [6.45, 7) is 0.813. The molecule has 0 aliphatic heterocycles. The standard InChI is InChI=1S/C21H19ClF3N3O2S/c1-2-3-18-28-16(11-31-18)10-26-19(29)14-8-17(13-4-6-15(22)7-5-13)20(27-9-14)30-12-21(23,24)25/h4-9,11H,2-3,10,12H2,1H3,(H,26,29). The average molecular weight is 470 g/mol. The summed E-state index contributed by atoms with van der Waals surface area (Å²) in [6.07, 6.45) is -1.46. The molecular formula is C21H19ClF3N3O2S. The molecule has 5 nitrogen and oxygen atoms in total. The highest BCUT2D eigenvalue weighted by Crippen LogP contribution is 2.31. The first-order valence-corrected chi connectivity index (χ1v) is 10.7. The third kappa shape index (κ3) is 6.67. The molecule has 2 aromatic heterocycles. The highest BCUT2D eigenvalue weighted by Gasteiger charge is 2.29. The van der Waals surface area contributed by atoms with Crippen molar-refractivity contribution in [1.29, 1.82) is 0 Å². The average Bonchev–Trinajstić information content (AvgIpc) is 3.18. The fraction of sp³-hybridized carbons (Fsp3) is 0.286. The monoisotopic (exact) mass is 469 g/mol. The van der Waals surface area contributed by atoms with E-state index in [9.17, 15) is 18.0 Å². The zero-order valence-corrected chi connectivity index (χ0v) is 18.1. The van der Waals surface area contributed by atoms with Crippen LogP contribution in [0.15, 0.2) is 41.9 Å². The molecule has 1 aromatic carbocycles.